The standard InChI is InChI=1S/C9H15N3O2/c1-6(2)7-5-12(11-10-7)9(3,4)8(13)14/h5-6H,1-4H3,(H,13,14). The first-order chi connectivity index (χ1) is 6.35. The predicted molar refractivity (Wildman–Crippen MR) is 51.1 cm³/mol. The Kier molecular flexibility index (Phi) is 2.59. The fourth-order valence-corrected chi connectivity index (χ4v) is 0.912. The summed E-state index contributed by atoms with van der Waals surface area (Å²) in [5, 5.41) is 16.7. The normalized spacial score (nSPS) is 12.1. The first kappa shape index (κ1) is 10.7. The fraction of sp³-hybridized carbons (Fsp3) is 0.667. The van der Waals surface area contributed by atoms with Crippen molar-refractivity contribution in [1.82, 2.24) is 15.0 Å². The van der Waals surface area contributed by atoms with Crippen molar-refractivity contribution < 1.29 is 9.90 Å². The van der Waals surface area contributed by atoms with Crippen LogP contribution in [0.3, 0.4) is 0 Å². The van der Waals surface area contributed by atoms with Gasteiger partial charge in [-0.2, -0.15) is 0 Å². The van der Waals surface area contributed by atoms with Crippen LogP contribution in [0.1, 0.15) is 39.3 Å². The lowest BCUT2D eigenvalue weighted by atomic mass is 10.1. The quantitative estimate of drug-likeness (QED) is 0.791. The zero-order chi connectivity index (χ0) is 10.9. The minimum Gasteiger partial charge on any atom is -0.479 e. The van der Waals surface area contributed by atoms with Gasteiger partial charge in [-0.25, -0.2) is 9.48 Å². The smallest absolute Gasteiger partial charge is 0.331 e. The molecule has 0 spiro atoms. The Morgan fingerprint density at radius 1 is 1.57 bits per heavy atom. The first-order valence-corrected chi connectivity index (χ1v) is 4.52. The highest BCUT2D eigenvalue weighted by Gasteiger charge is 2.30. The van der Waals surface area contributed by atoms with Gasteiger partial charge >= 0.3 is 5.97 Å². The molecule has 1 N–H and O–H groups in total. The highest BCUT2D eigenvalue weighted by molar-refractivity contribution is 5.75. The van der Waals surface area contributed by atoms with Crippen molar-refractivity contribution in [2.45, 2.75) is 39.2 Å². The van der Waals surface area contributed by atoms with E-state index in [-0.39, 0.29) is 5.92 Å². The minimum absolute atomic E-state index is 0.258. The first-order valence-electron chi connectivity index (χ1n) is 4.52. The van der Waals surface area contributed by atoms with Crippen LogP contribution in [0.5, 0.6) is 0 Å². The zero-order valence-electron chi connectivity index (χ0n) is 8.85. The molecule has 0 amide bonds. The van der Waals surface area contributed by atoms with Crippen molar-refractivity contribution >= 4 is 5.97 Å². The summed E-state index contributed by atoms with van der Waals surface area (Å²) in [5.74, 6) is -0.661. The Hall–Kier alpha value is -1.39. The van der Waals surface area contributed by atoms with Crippen LogP contribution >= 0.6 is 0 Å². The molecule has 1 heterocycles. The number of nitrogens with zero attached hydrogens (tertiary/aromatic N) is 3. The van der Waals surface area contributed by atoms with Gasteiger partial charge in [0.1, 0.15) is 0 Å². The molecule has 0 radical (unpaired) electrons. The van der Waals surface area contributed by atoms with Gasteiger partial charge in [-0.15, -0.1) is 5.10 Å². The summed E-state index contributed by atoms with van der Waals surface area (Å²) in [6, 6.07) is 0. The number of carboxylic acid groups (broad SMARTS) is 1. The summed E-state index contributed by atoms with van der Waals surface area (Å²) in [5.41, 5.74) is -0.237. The van der Waals surface area contributed by atoms with E-state index in [2.05, 4.69) is 10.3 Å². The predicted octanol–water partition coefficient (Wildman–Crippen LogP) is 1.22. The number of aliphatic carboxylic acids is 1. The summed E-state index contributed by atoms with van der Waals surface area (Å²) in [4.78, 5) is 10.9. The zero-order valence-corrected chi connectivity index (χ0v) is 8.85. The van der Waals surface area contributed by atoms with Crippen molar-refractivity contribution in [2.75, 3.05) is 0 Å². The van der Waals surface area contributed by atoms with Crippen LogP contribution in [0.2, 0.25) is 0 Å². The van der Waals surface area contributed by atoms with Crippen LogP contribution in [0.15, 0.2) is 6.20 Å². The van der Waals surface area contributed by atoms with Gasteiger partial charge in [-0.3, -0.25) is 0 Å². The monoisotopic (exact) mass is 197 g/mol. The lowest BCUT2D eigenvalue weighted by Crippen LogP contribution is -2.36. The maximum absolute atomic E-state index is 10.9. The Bertz CT molecular complexity index is 342. The van der Waals surface area contributed by atoms with Gasteiger partial charge in [-0.1, -0.05) is 19.1 Å². The molecular formula is C9H15N3O2. The molecule has 0 aliphatic rings. The van der Waals surface area contributed by atoms with E-state index in [0.29, 0.717) is 0 Å². The second-order valence-corrected chi connectivity index (χ2v) is 4.11. The summed E-state index contributed by atoms with van der Waals surface area (Å²) in [6.45, 7) is 7.16. The molecule has 0 aromatic carbocycles. The lowest BCUT2D eigenvalue weighted by molar-refractivity contribution is -0.146. The van der Waals surface area contributed by atoms with E-state index in [4.69, 9.17) is 5.11 Å². The molecule has 1 aromatic rings. The maximum Gasteiger partial charge on any atom is 0.331 e. The largest absolute Gasteiger partial charge is 0.479 e. The Labute approximate surface area is 82.7 Å². The molecule has 1 aromatic heterocycles. The van der Waals surface area contributed by atoms with Crippen molar-refractivity contribution in [3.8, 4) is 0 Å². The topological polar surface area (TPSA) is 68.0 Å². The third-order valence-electron chi connectivity index (χ3n) is 2.20. The van der Waals surface area contributed by atoms with Gasteiger partial charge in [0.05, 0.1) is 5.69 Å². The summed E-state index contributed by atoms with van der Waals surface area (Å²) in [6.07, 6.45) is 1.68. The summed E-state index contributed by atoms with van der Waals surface area (Å²) < 4.78 is 1.38. The van der Waals surface area contributed by atoms with Gasteiger partial charge in [-0.05, 0) is 19.8 Å². The molecule has 0 bridgehead atoms. The van der Waals surface area contributed by atoms with E-state index in [0.717, 1.165) is 5.69 Å². The molecule has 0 unspecified atom stereocenters. The summed E-state index contributed by atoms with van der Waals surface area (Å²) >= 11 is 0. The number of rotatable bonds is 3. The SMILES string of the molecule is CC(C)c1cn(C(C)(C)C(=O)O)nn1. The van der Waals surface area contributed by atoms with Crippen LogP contribution in [0, 0.1) is 0 Å². The van der Waals surface area contributed by atoms with Crippen molar-refractivity contribution in [1.29, 1.82) is 0 Å². The van der Waals surface area contributed by atoms with Gasteiger partial charge in [0.25, 0.3) is 0 Å². The molecule has 5 heteroatoms. The van der Waals surface area contributed by atoms with E-state index in [1.807, 2.05) is 13.8 Å². The molecule has 5 nitrogen and oxygen atoms in total. The number of aromatic nitrogens is 3. The molecule has 0 aliphatic heterocycles. The molecule has 0 saturated heterocycles. The highest BCUT2D eigenvalue weighted by atomic mass is 16.4. The van der Waals surface area contributed by atoms with Crippen LogP contribution < -0.4 is 0 Å². The second kappa shape index (κ2) is 3.40. The Balaban J connectivity index is 3.03. The molecule has 0 atom stereocenters. The van der Waals surface area contributed by atoms with Gasteiger partial charge in [0, 0.05) is 6.20 Å². The van der Waals surface area contributed by atoms with Crippen LogP contribution in [-0.2, 0) is 10.3 Å². The average molecular weight is 197 g/mol. The van der Waals surface area contributed by atoms with E-state index in [1.54, 1.807) is 20.0 Å². The van der Waals surface area contributed by atoms with Gasteiger partial charge in [0.15, 0.2) is 5.54 Å². The van der Waals surface area contributed by atoms with Gasteiger partial charge in [0.2, 0.25) is 0 Å². The van der Waals surface area contributed by atoms with Crippen LogP contribution in [0.4, 0.5) is 0 Å². The van der Waals surface area contributed by atoms with Crippen LogP contribution in [-0.4, -0.2) is 26.1 Å². The fourth-order valence-electron chi connectivity index (χ4n) is 0.912. The summed E-state index contributed by atoms with van der Waals surface area (Å²) in [7, 11) is 0. The second-order valence-electron chi connectivity index (χ2n) is 4.11. The minimum atomic E-state index is -1.04. The molecule has 78 valence electrons. The van der Waals surface area contributed by atoms with Gasteiger partial charge < -0.3 is 5.11 Å². The molecular weight excluding hydrogens is 182 g/mol. The Morgan fingerprint density at radius 2 is 2.14 bits per heavy atom. The highest BCUT2D eigenvalue weighted by Crippen LogP contribution is 2.17. The third-order valence-corrected chi connectivity index (χ3v) is 2.20. The molecule has 1 rings (SSSR count). The van der Waals surface area contributed by atoms with Crippen molar-refractivity contribution in [3.05, 3.63) is 11.9 Å². The van der Waals surface area contributed by atoms with E-state index >= 15 is 0 Å². The number of hydrogen-bond acceptors (Lipinski definition) is 3. The third kappa shape index (κ3) is 1.76. The molecule has 0 saturated carbocycles. The van der Waals surface area contributed by atoms with E-state index in [1.165, 1.54) is 4.68 Å². The molecule has 14 heavy (non-hydrogen) atoms. The lowest BCUT2D eigenvalue weighted by Gasteiger charge is -2.18. The van der Waals surface area contributed by atoms with Crippen LogP contribution in [0.25, 0.3) is 0 Å². The van der Waals surface area contributed by atoms with Crippen molar-refractivity contribution in [2.24, 2.45) is 0 Å². The number of carboxylic acids is 1. The number of hydrogen-bond donors (Lipinski definition) is 1. The molecule has 0 fully saturated rings. The van der Waals surface area contributed by atoms with E-state index in [9.17, 15) is 4.79 Å². The van der Waals surface area contributed by atoms with E-state index < -0.39 is 11.5 Å². The van der Waals surface area contributed by atoms with Crippen molar-refractivity contribution in [3.63, 3.8) is 0 Å². The number of carbonyl (C=O) groups is 1. The Morgan fingerprint density at radius 3 is 2.50 bits per heavy atom. The molecule has 0 aliphatic carbocycles. The maximum atomic E-state index is 10.9. The average Bonchev–Trinajstić information content (AvgIpc) is 2.51.